The van der Waals surface area contributed by atoms with Gasteiger partial charge in [-0.05, 0) is 80.6 Å². The Kier molecular flexibility index (Phi) is 9.15. The van der Waals surface area contributed by atoms with E-state index in [0.717, 1.165) is 51.4 Å². The van der Waals surface area contributed by atoms with Gasteiger partial charge < -0.3 is 9.64 Å². The Hall–Kier alpha value is -3.11. The predicted octanol–water partition coefficient (Wildman–Crippen LogP) is 6.23. The molecule has 0 amide bonds. The first kappa shape index (κ1) is 24.0. The molecule has 0 saturated heterocycles. The highest BCUT2D eigenvalue weighted by Crippen LogP contribution is 2.28. The molecule has 4 heteroatoms. The van der Waals surface area contributed by atoms with Crippen LogP contribution in [0.2, 0.25) is 0 Å². The van der Waals surface area contributed by atoms with Crippen LogP contribution in [-0.4, -0.2) is 43.2 Å². The molecule has 0 atom stereocenters. The zero-order valence-electron chi connectivity index (χ0n) is 20.4. The third kappa shape index (κ3) is 7.46. The van der Waals surface area contributed by atoms with Crippen molar-refractivity contribution in [3.63, 3.8) is 0 Å². The van der Waals surface area contributed by atoms with E-state index in [0.29, 0.717) is 0 Å². The maximum Gasteiger partial charge on any atom is 0.120 e. The van der Waals surface area contributed by atoms with Crippen LogP contribution in [0.4, 0.5) is 5.69 Å². The molecule has 178 valence electrons. The van der Waals surface area contributed by atoms with Gasteiger partial charge in [0.05, 0.1) is 6.61 Å². The summed E-state index contributed by atoms with van der Waals surface area (Å²) in [6.07, 6.45) is 14.0. The Labute approximate surface area is 204 Å². The molecule has 2 heterocycles. The van der Waals surface area contributed by atoms with Crippen LogP contribution in [-0.2, 0) is 13.0 Å². The van der Waals surface area contributed by atoms with Gasteiger partial charge in [-0.15, -0.1) is 0 Å². The Morgan fingerprint density at radius 3 is 2.62 bits per heavy atom. The largest absolute Gasteiger partial charge is 0.494 e. The molecule has 0 radical (unpaired) electrons. The summed E-state index contributed by atoms with van der Waals surface area (Å²) in [6, 6.07) is 21.4. The van der Waals surface area contributed by atoms with Crippen LogP contribution >= 0.6 is 0 Å². The molecule has 0 saturated carbocycles. The second-order valence-electron chi connectivity index (χ2n) is 9.14. The smallest absolute Gasteiger partial charge is 0.120 e. The van der Waals surface area contributed by atoms with Crippen molar-refractivity contribution in [2.75, 3.05) is 38.2 Å². The number of rotatable bonds is 13. The maximum atomic E-state index is 6.05. The minimum absolute atomic E-state index is 0.773. The average Bonchev–Trinajstić information content (AvgIpc) is 2.87. The summed E-state index contributed by atoms with van der Waals surface area (Å²) in [7, 11) is 2.13. The lowest BCUT2D eigenvalue weighted by molar-refractivity contribution is 0.248. The van der Waals surface area contributed by atoms with Gasteiger partial charge in [0.25, 0.3) is 0 Å². The number of benzene rings is 2. The minimum Gasteiger partial charge on any atom is -0.494 e. The van der Waals surface area contributed by atoms with Crippen LogP contribution < -0.4 is 9.64 Å². The van der Waals surface area contributed by atoms with Gasteiger partial charge in [-0.25, -0.2) is 0 Å². The predicted molar refractivity (Wildman–Crippen MR) is 142 cm³/mol. The molecule has 0 aliphatic carbocycles. The highest BCUT2D eigenvalue weighted by Gasteiger charge is 2.10. The van der Waals surface area contributed by atoms with E-state index in [2.05, 4.69) is 88.6 Å². The lowest BCUT2D eigenvalue weighted by atomic mass is 10.1. The van der Waals surface area contributed by atoms with Crippen molar-refractivity contribution in [1.29, 1.82) is 0 Å². The van der Waals surface area contributed by atoms with Gasteiger partial charge in [0.15, 0.2) is 0 Å². The fourth-order valence-electron chi connectivity index (χ4n) is 4.52. The average molecular weight is 456 g/mol. The molecule has 2 aromatic carbocycles. The van der Waals surface area contributed by atoms with Crippen LogP contribution in [0.3, 0.4) is 0 Å². The fraction of sp³-hybridized carbons (Fsp3) is 0.367. The van der Waals surface area contributed by atoms with Gasteiger partial charge in [-0.2, -0.15) is 0 Å². The van der Waals surface area contributed by atoms with Gasteiger partial charge in [-0.1, -0.05) is 48.6 Å². The fourth-order valence-corrected chi connectivity index (χ4v) is 4.52. The maximum absolute atomic E-state index is 6.05. The minimum atomic E-state index is 0.773. The standard InChI is InChI=1S/C30H37N3O/c1-32-19-10-15-28-23-29(16-17-30(28)32)34-22-7-3-6-20-33(25-27-13-8-18-31-24-27)21-9-14-26-11-4-2-5-12-26/h2,4-5,8,10-13,15-18,23-24H,3,6-7,9,14,19-22,25H2,1H3. The van der Waals surface area contributed by atoms with Crippen molar-refractivity contribution in [2.24, 2.45) is 0 Å². The molecule has 1 aromatic heterocycles. The zero-order valence-corrected chi connectivity index (χ0v) is 20.4. The van der Waals surface area contributed by atoms with E-state index in [4.69, 9.17) is 4.74 Å². The molecule has 34 heavy (non-hydrogen) atoms. The summed E-state index contributed by atoms with van der Waals surface area (Å²) in [5.41, 5.74) is 5.23. The SMILES string of the molecule is CN1CC=Cc2cc(OCCCCCN(CCCc3ccccc3)Cc3cccnc3)ccc21. The van der Waals surface area contributed by atoms with Gasteiger partial charge in [0.2, 0.25) is 0 Å². The molecule has 0 N–H and O–H groups in total. The highest BCUT2D eigenvalue weighted by molar-refractivity contribution is 5.72. The van der Waals surface area contributed by atoms with E-state index in [9.17, 15) is 0 Å². The second kappa shape index (κ2) is 13.0. The van der Waals surface area contributed by atoms with E-state index in [1.54, 1.807) is 0 Å². The number of unbranched alkanes of at least 4 members (excludes halogenated alkanes) is 2. The molecular formula is C30H37N3O. The molecule has 0 unspecified atom stereocenters. The normalized spacial score (nSPS) is 12.7. The number of fused-ring (bicyclic) bond motifs is 1. The third-order valence-electron chi connectivity index (χ3n) is 6.39. The summed E-state index contributed by atoms with van der Waals surface area (Å²) in [5, 5.41) is 0. The first-order valence-corrected chi connectivity index (χ1v) is 12.6. The first-order chi connectivity index (χ1) is 16.8. The zero-order chi connectivity index (χ0) is 23.4. The Balaban J connectivity index is 1.18. The van der Waals surface area contributed by atoms with Gasteiger partial charge in [0.1, 0.15) is 5.75 Å². The van der Waals surface area contributed by atoms with Crippen LogP contribution in [0.15, 0.2) is 79.1 Å². The van der Waals surface area contributed by atoms with Gasteiger partial charge in [-0.3, -0.25) is 9.88 Å². The number of hydrogen-bond acceptors (Lipinski definition) is 4. The summed E-state index contributed by atoms with van der Waals surface area (Å²) in [4.78, 5) is 9.13. The number of aryl methyl sites for hydroxylation is 1. The van der Waals surface area contributed by atoms with Crippen LogP contribution in [0.1, 0.15) is 42.4 Å². The van der Waals surface area contributed by atoms with Crippen molar-refractivity contribution in [3.05, 3.63) is 95.8 Å². The van der Waals surface area contributed by atoms with Crippen LogP contribution in [0.25, 0.3) is 6.08 Å². The number of hydrogen-bond donors (Lipinski definition) is 0. The first-order valence-electron chi connectivity index (χ1n) is 12.6. The number of aromatic nitrogens is 1. The van der Waals surface area contributed by atoms with Crippen molar-refractivity contribution in [1.82, 2.24) is 9.88 Å². The van der Waals surface area contributed by atoms with Gasteiger partial charge in [0, 0.05) is 43.8 Å². The molecule has 0 spiro atoms. The topological polar surface area (TPSA) is 28.6 Å². The van der Waals surface area contributed by atoms with Crippen molar-refractivity contribution in [2.45, 2.75) is 38.6 Å². The molecule has 3 aromatic rings. The highest BCUT2D eigenvalue weighted by atomic mass is 16.5. The Morgan fingerprint density at radius 1 is 0.912 bits per heavy atom. The Morgan fingerprint density at radius 2 is 1.76 bits per heavy atom. The van der Waals surface area contributed by atoms with Crippen molar-refractivity contribution < 1.29 is 4.74 Å². The van der Waals surface area contributed by atoms with E-state index in [1.807, 2.05) is 18.5 Å². The van der Waals surface area contributed by atoms with E-state index in [1.165, 1.54) is 41.6 Å². The van der Waals surface area contributed by atoms with Crippen LogP contribution in [0.5, 0.6) is 5.75 Å². The third-order valence-corrected chi connectivity index (χ3v) is 6.39. The number of anilines is 1. The summed E-state index contributed by atoms with van der Waals surface area (Å²) in [5.74, 6) is 0.970. The molecule has 0 bridgehead atoms. The molecule has 1 aliphatic heterocycles. The number of pyridine rings is 1. The molecule has 4 rings (SSSR count). The summed E-state index contributed by atoms with van der Waals surface area (Å²) in [6.45, 7) is 4.93. The second-order valence-corrected chi connectivity index (χ2v) is 9.14. The van der Waals surface area contributed by atoms with Crippen molar-refractivity contribution >= 4 is 11.8 Å². The van der Waals surface area contributed by atoms with Crippen molar-refractivity contribution in [3.8, 4) is 5.75 Å². The quantitative estimate of drug-likeness (QED) is 0.286. The van der Waals surface area contributed by atoms with Crippen LogP contribution in [0, 0.1) is 0 Å². The van der Waals surface area contributed by atoms with Gasteiger partial charge >= 0.3 is 0 Å². The number of likely N-dealkylation sites (N-methyl/N-ethyl adjacent to an activating group) is 1. The molecule has 1 aliphatic rings. The summed E-state index contributed by atoms with van der Waals surface area (Å²) < 4.78 is 6.05. The molecule has 4 nitrogen and oxygen atoms in total. The monoisotopic (exact) mass is 455 g/mol. The van der Waals surface area contributed by atoms with E-state index < -0.39 is 0 Å². The number of ether oxygens (including phenoxy) is 1. The van der Waals surface area contributed by atoms with E-state index >= 15 is 0 Å². The Bertz CT molecular complexity index is 1020. The summed E-state index contributed by atoms with van der Waals surface area (Å²) >= 11 is 0. The lowest BCUT2D eigenvalue weighted by Crippen LogP contribution is -2.26. The lowest BCUT2D eigenvalue weighted by Gasteiger charge is -2.24. The molecule has 0 fully saturated rings. The number of nitrogens with zero attached hydrogens (tertiary/aromatic N) is 3. The van der Waals surface area contributed by atoms with E-state index in [-0.39, 0.29) is 0 Å². The molecular weight excluding hydrogens is 418 g/mol.